The van der Waals surface area contributed by atoms with Crippen molar-refractivity contribution in [3.05, 3.63) is 60.3 Å². The number of hydrogen-bond donors (Lipinski definition) is 0. The summed E-state index contributed by atoms with van der Waals surface area (Å²) in [6.45, 7) is 33.8. The van der Waals surface area contributed by atoms with Gasteiger partial charge in [0.05, 0.1) is 54.9 Å². The zero-order chi connectivity index (χ0) is 51.3. The maximum absolute atomic E-state index is 13.4. The molecule has 0 radical (unpaired) electrons. The first-order valence-corrected chi connectivity index (χ1v) is 29.8. The van der Waals surface area contributed by atoms with Crippen molar-refractivity contribution in [3.8, 4) is 0 Å². The molecule has 13 heteroatoms. The van der Waals surface area contributed by atoms with Crippen LogP contribution < -0.4 is 0 Å². The summed E-state index contributed by atoms with van der Waals surface area (Å²) in [6, 6.07) is 0. The van der Waals surface area contributed by atoms with Gasteiger partial charge >= 0.3 is 5.97 Å². The van der Waals surface area contributed by atoms with Gasteiger partial charge in [0, 0.05) is 56.9 Å². The van der Waals surface area contributed by atoms with E-state index < -0.39 is 37.8 Å². The normalized spacial score (nSPS) is 38.5. The number of ether oxygens (including phenoxy) is 10. The second-order valence-electron chi connectivity index (χ2n) is 24.6. The van der Waals surface area contributed by atoms with Gasteiger partial charge in [-0.1, -0.05) is 96.2 Å². The number of hydrogen-bond acceptors (Lipinski definition) is 12. The fourth-order valence-corrected chi connectivity index (χ4v) is 12.8. The first-order valence-electron chi connectivity index (χ1n) is 26.9. The van der Waals surface area contributed by atoms with E-state index in [-0.39, 0.29) is 83.9 Å². The SMILES string of the molecule is CC1=CC=CC=CC=CC=CC[C@@H]2C[C@H](O[Si](C)(C)C(C)(C)C)C[C@]3(C[C@@H](C[C@H]4C[C@@H](C[C@@H]5C[C@@H](C[C@@H]6C[C@H](CC[C@H](C)[C@H](C(C)C)OC1=O)OC(C)(C)O6)OC(C)(C)O5)OC(C)(C)O4)O[C@@H](C)O3)O2. The average molecular weight is 999 g/mol. The number of allylic oxidation sites excluding steroid dienone is 8. The van der Waals surface area contributed by atoms with E-state index in [1.54, 1.807) is 0 Å². The first kappa shape index (κ1) is 57.3. The summed E-state index contributed by atoms with van der Waals surface area (Å²) in [5.41, 5.74) is 0.560. The molecule has 0 amide bonds. The third-order valence-corrected chi connectivity index (χ3v) is 19.7. The number of fused-ring (bicyclic) bond motifs is 8. The minimum absolute atomic E-state index is 0.00703. The lowest BCUT2D eigenvalue weighted by atomic mass is 9.88. The van der Waals surface area contributed by atoms with Crippen LogP contribution in [0.25, 0.3) is 0 Å². The van der Waals surface area contributed by atoms with Gasteiger partial charge in [0.25, 0.3) is 0 Å². The summed E-state index contributed by atoms with van der Waals surface area (Å²) < 4.78 is 73.5. The average Bonchev–Trinajstić information content (AvgIpc) is 3.19. The van der Waals surface area contributed by atoms with Crippen LogP contribution in [0.1, 0.15) is 174 Å². The molecular formula is C57H94O12Si. The summed E-state index contributed by atoms with van der Waals surface area (Å²) in [5, 5.41) is 0.0622. The Morgan fingerprint density at radius 2 is 1.07 bits per heavy atom. The van der Waals surface area contributed by atoms with Crippen molar-refractivity contribution >= 4 is 14.3 Å². The summed E-state index contributed by atoms with van der Waals surface area (Å²) in [4.78, 5) is 13.4. The minimum atomic E-state index is -2.11. The lowest BCUT2D eigenvalue weighted by molar-refractivity contribution is -0.390. The second kappa shape index (κ2) is 23.7. The lowest BCUT2D eigenvalue weighted by Crippen LogP contribution is -2.58. The molecule has 0 aliphatic carbocycles. The van der Waals surface area contributed by atoms with Crippen LogP contribution in [-0.2, 0) is 56.6 Å². The first-order chi connectivity index (χ1) is 32.6. The predicted octanol–water partition coefficient (Wildman–Crippen LogP) is 12.9. The Labute approximate surface area is 424 Å². The van der Waals surface area contributed by atoms with Crippen LogP contribution >= 0.6 is 0 Å². The number of esters is 1. The lowest BCUT2D eigenvalue weighted by Gasteiger charge is -2.52. The third-order valence-electron chi connectivity index (χ3n) is 15.1. The molecule has 0 aromatic heterocycles. The molecule has 6 aliphatic heterocycles. The molecule has 5 saturated heterocycles. The third kappa shape index (κ3) is 17.0. The maximum atomic E-state index is 13.4. The Balaban J connectivity index is 1.24. The molecule has 6 aliphatic rings. The Bertz CT molecular complexity index is 1860. The summed E-state index contributed by atoms with van der Waals surface area (Å²) in [5.74, 6) is -3.17. The maximum Gasteiger partial charge on any atom is 0.334 e. The molecule has 0 unspecified atom stereocenters. The van der Waals surface area contributed by atoms with Crippen LogP contribution in [0.15, 0.2) is 60.3 Å². The molecule has 1 spiro atoms. The predicted molar refractivity (Wildman–Crippen MR) is 276 cm³/mol. The molecule has 9 bridgehead atoms. The highest BCUT2D eigenvalue weighted by molar-refractivity contribution is 6.74. The summed E-state index contributed by atoms with van der Waals surface area (Å²) >= 11 is 0. The number of carbonyl (C=O) groups excluding carboxylic acids is 1. The van der Waals surface area contributed by atoms with Gasteiger partial charge in [-0.3, -0.25) is 0 Å². The molecule has 12 nitrogen and oxygen atoms in total. The molecule has 6 rings (SSSR count). The van der Waals surface area contributed by atoms with Crippen LogP contribution in [-0.4, -0.2) is 105 Å². The van der Waals surface area contributed by atoms with E-state index in [4.69, 9.17) is 51.8 Å². The van der Waals surface area contributed by atoms with Gasteiger partial charge in [-0.25, -0.2) is 4.79 Å². The van der Waals surface area contributed by atoms with Crippen molar-refractivity contribution in [1.29, 1.82) is 0 Å². The minimum Gasteiger partial charge on any atom is -0.458 e. The largest absolute Gasteiger partial charge is 0.458 e. The number of rotatable bonds is 3. The van der Waals surface area contributed by atoms with E-state index in [9.17, 15) is 4.79 Å². The highest BCUT2D eigenvalue weighted by Gasteiger charge is 2.52. The van der Waals surface area contributed by atoms with Gasteiger partial charge in [0.1, 0.15) is 6.10 Å². The highest BCUT2D eigenvalue weighted by atomic mass is 28.4. The molecule has 5 fully saturated rings. The Morgan fingerprint density at radius 3 is 1.59 bits per heavy atom. The van der Waals surface area contributed by atoms with Crippen molar-refractivity contribution in [1.82, 2.24) is 0 Å². The highest BCUT2D eigenvalue weighted by Crippen LogP contribution is 2.46. The van der Waals surface area contributed by atoms with Crippen molar-refractivity contribution < 1.29 is 56.6 Å². The molecule has 13 atom stereocenters. The molecule has 70 heavy (non-hydrogen) atoms. The topological polar surface area (TPSA) is 119 Å². The van der Waals surface area contributed by atoms with Crippen molar-refractivity contribution in [2.24, 2.45) is 11.8 Å². The van der Waals surface area contributed by atoms with Gasteiger partial charge in [-0.15, -0.1) is 0 Å². The zero-order valence-electron chi connectivity index (χ0n) is 46.1. The summed E-state index contributed by atoms with van der Waals surface area (Å²) in [6.07, 6.45) is 25.2. The van der Waals surface area contributed by atoms with Crippen molar-refractivity contribution in [2.45, 2.75) is 283 Å². The van der Waals surface area contributed by atoms with Gasteiger partial charge in [-0.05, 0) is 111 Å². The standard InChI is InChI=1S/C57H94O12Si/c1-38(2)51-39(3)27-28-43-29-44(63-54(9,10)62-43)31-45-32-46(65-55(11,12)64-45)33-47-34-48(67-56(13,14)66-47)35-49-36-57(61-41(5)59-49)37-50(69-70(15,16)53(6,7)8)30-42(68-57)26-24-22-20-18-17-19-21-23-25-40(4)52(58)60-51/h17-25,38-39,41-51H,26-37H2,1-16H3/t39-,41+,42+,43-,44-,45+,46-,47+,48+,49+,50-,51-,57-/m0/s1. The van der Waals surface area contributed by atoms with Gasteiger partial charge < -0.3 is 51.8 Å². The van der Waals surface area contributed by atoms with Crippen LogP contribution in [0, 0.1) is 11.8 Å². The van der Waals surface area contributed by atoms with Gasteiger partial charge in [0.15, 0.2) is 37.8 Å². The van der Waals surface area contributed by atoms with Gasteiger partial charge in [0.2, 0.25) is 0 Å². The smallest absolute Gasteiger partial charge is 0.334 e. The molecule has 398 valence electrons. The number of cyclic esters (lactones) is 1. The van der Waals surface area contributed by atoms with Crippen LogP contribution in [0.5, 0.6) is 0 Å². The Kier molecular flexibility index (Phi) is 19.4. The van der Waals surface area contributed by atoms with E-state index in [1.165, 1.54) is 0 Å². The van der Waals surface area contributed by atoms with Crippen LogP contribution in [0.2, 0.25) is 18.1 Å². The van der Waals surface area contributed by atoms with E-state index in [0.717, 1.165) is 44.9 Å². The van der Waals surface area contributed by atoms with Crippen molar-refractivity contribution in [3.63, 3.8) is 0 Å². The van der Waals surface area contributed by atoms with E-state index in [1.807, 2.05) is 97.9 Å². The second-order valence-corrected chi connectivity index (χ2v) is 29.4. The van der Waals surface area contributed by atoms with E-state index in [2.05, 4.69) is 66.8 Å². The van der Waals surface area contributed by atoms with Gasteiger partial charge in [-0.2, -0.15) is 0 Å². The Hall–Kier alpha value is -2.01. The fourth-order valence-electron chi connectivity index (χ4n) is 11.4. The van der Waals surface area contributed by atoms with E-state index in [0.29, 0.717) is 37.7 Å². The molecular weight excluding hydrogens is 905 g/mol. The van der Waals surface area contributed by atoms with Crippen LogP contribution in [0.3, 0.4) is 0 Å². The molecule has 0 saturated carbocycles. The zero-order valence-corrected chi connectivity index (χ0v) is 47.1. The molecule has 0 aromatic rings. The monoisotopic (exact) mass is 999 g/mol. The van der Waals surface area contributed by atoms with E-state index >= 15 is 0 Å². The van der Waals surface area contributed by atoms with Crippen molar-refractivity contribution in [2.75, 3.05) is 0 Å². The number of carbonyl (C=O) groups is 1. The molecule has 6 heterocycles. The molecule has 0 aromatic carbocycles. The fraction of sp³-hybridized carbons (Fsp3) is 0.807. The molecule has 0 N–H and O–H groups in total. The van der Waals surface area contributed by atoms with Crippen LogP contribution in [0.4, 0.5) is 0 Å². The Morgan fingerprint density at radius 1 is 0.600 bits per heavy atom. The quantitative estimate of drug-likeness (QED) is 0.198. The summed E-state index contributed by atoms with van der Waals surface area (Å²) in [7, 11) is -2.11.